The summed E-state index contributed by atoms with van der Waals surface area (Å²) < 4.78 is 0. The van der Waals surface area contributed by atoms with E-state index in [1.165, 1.54) is 0 Å². The summed E-state index contributed by atoms with van der Waals surface area (Å²) in [6.45, 7) is 5.27. The number of pyridine rings is 1. The van der Waals surface area contributed by atoms with Crippen LogP contribution in [-0.4, -0.2) is 34.6 Å². The Morgan fingerprint density at radius 2 is 2.38 bits per heavy atom. The Bertz CT molecular complexity index is 407. The smallest absolute Gasteiger partial charge is 0.0966 e. The first kappa shape index (κ1) is 10.2. The summed E-state index contributed by atoms with van der Waals surface area (Å²) in [5.74, 6) is 0.393. The van der Waals surface area contributed by atoms with E-state index >= 15 is 0 Å². The fourth-order valence-corrected chi connectivity index (χ4v) is 3.23. The second kappa shape index (κ2) is 3.54. The Morgan fingerprint density at radius 1 is 1.50 bits per heavy atom. The predicted octanol–water partition coefficient (Wildman–Crippen LogP) is 1.30. The van der Waals surface area contributed by atoms with Crippen LogP contribution in [0.5, 0.6) is 0 Å². The van der Waals surface area contributed by atoms with Crippen LogP contribution in [-0.2, 0) is 5.60 Å². The lowest BCUT2D eigenvalue weighted by Crippen LogP contribution is -2.44. The Balaban J connectivity index is 2.01. The lowest BCUT2D eigenvalue weighted by atomic mass is 9.76. The first-order valence-electron chi connectivity index (χ1n) is 6.06. The number of aryl methyl sites for hydroxylation is 1. The minimum absolute atomic E-state index is 0.393. The Kier molecular flexibility index (Phi) is 2.26. The minimum atomic E-state index is -0.634. The van der Waals surface area contributed by atoms with Gasteiger partial charge in [0.25, 0.3) is 0 Å². The molecule has 3 heterocycles. The van der Waals surface area contributed by atoms with Crippen molar-refractivity contribution in [2.24, 2.45) is 5.92 Å². The molecule has 2 saturated heterocycles. The van der Waals surface area contributed by atoms with E-state index in [2.05, 4.69) is 16.8 Å². The number of fused-ring (bicyclic) bond motifs is 2. The number of aromatic nitrogens is 1. The maximum Gasteiger partial charge on any atom is 0.0966 e. The summed E-state index contributed by atoms with van der Waals surface area (Å²) in [6.07, 6.45) is 5.62. The van der Waals surface area contributed by atoms with Crippen molar-refractivity contribution in [1.82, 2.24) is 9.88 Å². The van der Waals surface area contributed by atoms with Gasteiger partial charge in [-0.15, -0.1) is 0 Å². The normalized spacial score (nSPS) is 37.6. The molecule has 3 heteroatoms. The molecule has 3 unspecified atom stereocenters. The average Bonchev–Trinajstić information content (AvgIpc) is 2.70. The van der Waals surface area contributed by atoms with Crippen LogP contribution in [0.15, 0.2) is 18.5 Å². The molecule has 0 spiro atoms. The molecule has 3 atom stereocenters. The van der Waals surface area contributed by atoms with Crippen molar-refractivity contribution in [2.45, 2.75) is 25.4 Å². The zero-order valence-corrected chi connectivity index (χ0v) is 9.69. The molecular formula is C13H18N2O. The summed E-state index contributed by atoms with van der Waals surface area (Å²) in [7, 11) is 0. The van der Waals surface area contributed by atoms with Crippen molar-refractivity contribution in [3.8, 4) is 0 Å². The van der Waals surface area contributed by atoms with Crippen LogP contribution in [0.3, 0.4) is 0 Å². The van der Waals surface area contributed by atoms with Gasteiger partial charge in [-0.25, -0.2) is 0 Å². The van der Waals surface area contributed by atoms with Crippen molar-refractivity contribution in [1.29, 1.82) is 0 Å². The molecule has 1 aromatic heterocycles. The van der Waals surface area contributed by atoms with E-state index in [4.69, 9.17) is 0 Å². The van der Waals surface area contributed by atoms with Crippen LogP contribution in [0.2, 0.25) is 0 Å². The largest absolute Gasteiger partial charge is 0.385 e. The summed E-state index contributed by atoms with van der Waals surface area (Å²) in [5, 5.41) is 10.9. The summed E-state index contributed by atoms with van der Waals surface area (Å²) in [6, 6.07) is 1.99. The topological polar surface area (TPSA) is 36.4 Å². The molecule has 2 bridgehead atoms. The van der Waals surface area contributed by atoms with Gasteiger partial charge in [0.1, 0.15) is 0 Å². The number of rotatable bonds is 1. The van der Waals surface area contributed by atoms with E-state index in [1.54, 1.807) is 6.20 Å². The molecule has 2 aliphatic rings. The maximum atomic E-state index is 10.9. The second-order valence-corrected chi connectivity index (χ2v) is 5.15. The molecule has 3 nitrogen and oxygen atoms in total. The van der Waals surface area contributed by atoms with Crippen molar-refractivity contribution >= 4 is 0 Å². The van der Waals surface area contributed by atoms with E-state index < -0.39 is 5.60 Å². The molecule has 3 rings (SSSR count). The Hall–Kier alpha value is -0.930. The molecule has 0 aliphatic carbocycles. The fourth-order valence-electron chi connectivity index (χ4n) is 3.23. The van der Waals surface area contributed by atoms with E-state index in [-0.39, 0.29) is 0 Å². The molecule has 0 saturated carbocycles. The molecule has 0 aromatic carbocycles. The minimum Gasteiger partial charge on any atom is -0.385 e. The highest BCUT2D eigenvalue weighted by atomic mass is 16.3. The van der Waals surface area contributed by atoms with Gasteiger partial charge in [0.2, 0.25) is 0 Å². The van der Waals surface area contributed by atoms with Crippen molar-refractivity contribution < 1.29 is 5.11 Å². The first-order chi connectivity index (χ1) is 7.70. The van der Waals surface area contributed by atoms with Gasteiger partial charge < -0.3 is 10.0 Å². The standard InChI is InChI=1S/C13H18N2O/c1-10-2-5-14-8-12(10)13(16)4-7-15-6-3-11(13)9-15/h2,5,8,11,16H,3-4,6-7,9H2,1H3. The Labute approximate surface area is 96.1 Å². The molecule has 0 radical (unpaired) electrons. The average molecular weight is 218 g/mol. The molecule has 2 aliphatic heterocycles. The SMILES string of the molecule is Cc1ccncc1C1(O)CCN2CCC1C2. The Morgan fingerprint density at radius 3 is 3.19 bits per heavy atom. The van der Waals surface area contributed by atoms with Crippen LogP contribution in [0.1, 0.15) is 24.0 Å². The van der Waals surface area contributed by atoms with Gasteiger partial charge in [-0.1, -0.05) is 0 Å². The predicted molar refractivity (Wildman–Crippen MR) is 62.0 cm³/mol. The molecule has 16 heavy (non-hydrogen) atoms. The molecule has 0 amide bonds. The third-order valence-electron chi connectivity index (χ3n) is 4.26. The summed E-state index contributed by atoms with van der Waals surface area (Å²) >= 11 is 0. The summed E-state index contributed by atoms with van der Waals surface area (Å²) in [5.41, 5.74) is 1.57. The third kappa shape index (κ3) is 1.39. The molecule has 1 N–H and O–H groups in total. The highest BCUT2D eigenvalue weighted by molar-refractivity contribution is 5.30. The monoisotopic (exact) mass is 218 g/mol. The van der Waals surface area contributed by atoms with Crippen molar-refractivity contribution in [3.05, 3.63) is 29.6 Å². The van der Waals surface area contributed by atoms with Crippen LogP contribution in [0.25, 0.3) is 0 Å². The van der Waals surface area contributed by atoms with Crippen molar-refractivity contribution in [3.63, 3.8) is 0 Å². The van der Waals surface area contributed by atoms with Gasteiger partial charge in [-0.2, -0.15) is 0 Å². The summed E-state index contributed by atoms with van der Waals surface area (Å²) in [4.78, 5) is 6.62. The van der Waals surface area contributed by atoms with Gasteiger partial charge in [0.15, 0.2) is 0 Å². The van der Waals surface area contributed by atoms with Gasteiger partial charge in [0.05, 0.1) is 5.60 Å². The lowest BCUT2D eigenvalue weighted by Gasteiger charge is -2.39. The van der Waals surface area contributed by atoms with E-state index in [9.17, 15) is 5.11 Å². The van der Waals surface area contributed by atoms with Gasteiger partial charge in [-0.05, 0) is 37.9 Å². The van der Waals surface area contributed by atoms with Crippen LogP contribution >= 0.6 is 0 Å². The zero-order valence-electron chi connectivity index (χ0n) is 9.69. The molecule has 2 fully saturated rings. The zero-order chi connectivity index (χ0) is 11.2. The van der Waals surface area contributed by atoms with Crippen LogP contribution in [0, 0.1) is 12.8 Å². The van der Waals surface area contributed by atoms with Crippen LogP contribution < -0.4 is 0 Å². The highest BCUT2D eigenvalue weighted by Crippen LogP contribution is 2.43. The van der Waals surface area contributed by atoms with Crippen LogP contribution in [0.4, 0.5) is 0 Å². The maximum absolute atomic E-state index is 10.9. The van der Waals surface area contributed by atoms with E-state index in [0.717, 1.165) is 43.6 Å². The number of hydrogen-bond acceptors (Lipinski definition) is 3. The molecule has 86 valence electrons. The highest BCUT2D eigenvalue weighted by Gasteiger charge is 2.46. The quantitative estimate of drug-likeness (QED) is 0.772. The van der Waals surface area contributed by atoms with E-state index in [1.807, 2.05) is 12.3 Å². The number of hydrogen-bond donors (Lipinski definition) is 1. The van der Waals surface area contributed by atoms with Gasteiger partial charge in [-0.3, -0.25) is 4.98 Å². The van der Waals surface area contributed by atoms with Gasteiger partial charge in [0, 0.05) is 37.0 Å². The number of aliphatic hydroxyl groups is 1. The molecule has 1 aromatic rings. The second-order valence-electron chi connectivity index (χ2n) is 5.15. The van der Waals surface area contributed by atoms with Crippen molar-refractivity contribution in [2.75, 3.05) is 19.6 Å². The number of nitrogens with zero attached hydrogens (tertiary/aromatic N) is 2. The van der Waals surface area contributed by atoms with E-state index in [0.29, 0.717) is 5.92 Å². The lowest BCUT2D eigenvalue weighted by molar-refractivity contribution is -0.0509. The first-order valence-corrected chi connectivity index (χ1v) is 6.06. The van der Waals surface area contributed by atoms with Gasteiger partial charge >= 0.3 is 0 Å². The molecular weight excluding hydrogens is 200 g/mol. The number of piperidine rings is 1. The fraction of sp³-hybridized carbons (Fsp3) is 0.615. The third-order valence-corrected chi connectivity index (χ3v) is 4.26.